The van der Waals surface area contributed by atoms with Crippen molar-refractivity contribution < 1.29 is 53.4 Å². The monoisotopic (exact) mass is 418 g/mol. The smallest absolute Gasteiger partial charge is 0.303 e. The zero-order chi connectivity index (χ0) is 22.0. The molecule has 0 radical (unpaired) electrons. The van der Waals surface area contributed by atoms with Crippen LogP contribution in [0.4, 0.5) is 0 Å². The third-order valence-electron chi connectivity index (χ3n) is 3.71. The van der Waals surface area contributed by atoms with Crippen molar-refractivity contribution in [2.45, 2.75) is 57.4 Å². The summed E-state index contributed by atoms with van der Waals surface area (Å²) in [6, 6.07) is 0. The molecule has 0 amide bonds. The highest BCUT2D eigenvalue weighted by molar-refractivity contribution is 5.68. The van der Waals surface area contributed by atoms with Crippen LogP contribution < -0.4 is 0 Å². The first-order valence-corrected chi connectivity index (χ1v) is 8.74. The zero-order valence-electron chi connectivity index (χ0n) is 16.3. The molecule has 0 fully saturated rings. The number of hydrogen-bond donors (Lipinski definition) is 3. The summed E-state index contributed by atoms with van der Waals surface area (Å²) in [5, 5.41) is 26.6. The molecule has 2 aliphatic rings. The van der Waals surface area contributed by atoms with E-state index in [2.05, 4.69) is 0 Å². The second-order valence-electron chi connectivity index (χ2n) is 6.12. The molecule has 0 aromatic rings. The lowest BCUT2D eigenvalue weighted by Gasteiger charge is -2.32. The summed E-state index contributed by atoms with van der Waals surface area (Å²) in [7, 11) is 0. The van der Waals surface area contributed by atoms with Gasteiger partial charge in [-0.25, -0.2) is 0 Å². The normalized spacial score (nSPS) is 30.0. The first-order valence-electron chi connectivity index (χ1n) is 8.74. The SMILES string of the molecule is CC(=O)OCC1OC=CC(OC(C)=O)C1OC(C)=O.OCC1OC=CC(O)C1O. The highest BCUT2D eigenvalue weighted by Crippen LogP contribution is 2.20. The summed E-state index contributed by atoms with van der Waals surface area (Å²) in [5.74, 6) is -1.54. The molecule has 6 unspecified atom stereocenters. The van der Waals surface area contributed by atoms with Crippen molar-refractivity contribution in [1.29, 1.82) is 0 Å². The summed E-state index contributed by atoms with van der Waals surface area (Å²) in [5.41, 5.74) is 0. The predicted octanol–water partition coefficient (Wildman–Crippen LogP) is -1.06. The molecule has 11 heteroatoms. The van der Waals surface area contributed by atoms with E-state index in [0.717, 1.165) is 0 Å². The van der Waals surface area contributed by atoms with Crippen LogP contribution in [0.3, 0.4) is 0 Å². The van der Waals surface area contributed by atoms with Crippen LogP contribution in [-0.2, 0) is 38.1 Å². The van der Waals surface area contributed by atoms with Gasteiger partial charge < -0.3 is 39.0 Å². The Hall–Kier alpha value is -2.63. The van der Waals surface area contributed by atoms with Crippen LogP contribution in [0.2, 0.25) is 0 Å². The largest absolute Gasteiger partial charge is 0.493 e. The van der Waals surface area contributed by atoms with E-state index in [-0.39, 0.29) is 13.2 Å². The van der Waals surface area contributed by atoms with Gasteiger partial charge in [0.1, 0.15) is 24.9 Å². The van der Waals surface area contributed by atoms with Gasteiger partial charge in [-0.1, -0.05) is 0 Å². The molecule has 29 heavy (non-hydrogen) atoms. The maximum Gasteiger partial charge on any atom is 0.303 e. The van der Waals surface area contributed by atoms with Crippen molar-refractivity contribution in [1.82, 2.24) is 0 Å². The summed E-state index contributed by atoms with van der Waals surface area (Å²) >= 11 is 0. The zero-order valence-corrected chi connectivity index (χ0v) is 16.3. The van der Waals surface area contributed by atoms with Gasteiger partial charge in [-0.05, 0) is 12.2 Å². The van der Waals surface area contributed by atoms with E-state index in [4.69, 9.17) is 39.0 Å². The summed E-state index contributed by atoms with van der Waals surface area (Å²) in [6.07, 6.45) is 0.403. The van der Waals surface area contributed by atoms with Gasteiger partial charge in [0.25, 0.3) is 0 Å². The van der Waals surface area contributed by atoms with Crippen molar-refractivity contribution in [3.8, 4) is 0 Å². The van der Waals surface area contributed by atoms with Gasteiger partial charge in [-0.2, -0.15) is 0 Å². The van der Waals surface area contributed by atoms with E-state index in [1.165, 1.54) is 45.4 Å². The van der Waals surface area contributed by atoms with Crippen molar-refractivity contribution >= 4 is 17.9 Å². The first kappa shape index (κ1) is 24.4. The fourth-order valence-corrected chi connectivity index (χ4v) is 2.38. The molecule has 0 aliphatic carbocycles. The molecule has 0 spiro atoms. The molecule has 0 aromatic heterocycles. The van der Waals surface area contributed by atoms with Gasteiger partial charge in [-0.3, -0.25) is 14.4 Å². The first-order chi connectivity index (χ1) is 13.6. The maximum absolute atomic E-state index is 11.1. The van der Waals surface area contributed by atoms with Gasteiger partial charge in [0.15, 0.2) is 18.3 Å². The highest BCUT2D eigenvalue weighted by atomic mass is 16.6. The topological polar surface area (TPSA) is 158 Å². The molecular weight excluding hydrogens is 392 g/mol. The average molecular weight is 418 g/mol. The number of hydrogen-bond acceptors (Lipinski definition) is 11. The van der Waals surface area contributed by atoms with Crippen LogP contribution in [0.25, 0.3) is 0 Å². The van der Waals surface area contributed by atoms with Gasteiger partial charge >= 0.3 is 17.9 Å². The number of carbonyl (C=O) groups excluding carboxylic acids is 3. The van der Waals surface area contributed by atoms with Crippen LogP contribution in [0.15, 0.2) is 24.7 Å². The van der Waals surface area contributed by atoms with Crippen molar-refractivity contribution in [2.75, 3.05) is 13.2 Å². The Morgan fingerprint density at radius 1 is 0.897 bits per heavy atom. The fraction of sp³-hybridized carbons (Fsp3) is 0.611. The van der Waals surface area contributed by atoms with E-state index in [1.54, 1.807) is 0 Å². The third kappa shape index (κ3) is 8.50. The summed E-state index contributed by atoms with van der Waals surface area (Å²) in [6.45, 7) is 3.34. The summed E-state index contributed by atoms with van der Waals surface area (Å²) in [4.78, 5) is 32.9. The molecule has 2 heterocycles. The number of ether oxygens (including phenoxy) is 5. The number of aliphatic hydroxyl groups is 3. The van der Waals surface area contributed by atoms with Gasteiger partial charge in [0, 0.05) is 20.8 Å². The lowest BCUT2D eigenvalue weighted by atomic mass is 10.1. The molecular formula is C18H26O11. The molecule has 2 aliphatic heterocycles. The van der Waals surface area contributed by atoms with Gasteiger partial charge in [0.05, 0.1) is 19.1 Å². The molecule has 3 N–H and O–H groups in total. The van der Waals surface area contributed by atoms with Crippen molar-refractivity contribution in [3.05, 3.63) is 24.7 Å². The Labute approximate surface area is 167 Å². The quantitative estimate of drug-likeness (QED) is 0.369. The van der Waals surface area contributed by atoms with Crippen molar-refractivity contribution in [3.63, 3.8) is 0 Å². The number of esters is 3. The molecule has 6 atom stereocenters. The van der Waals surface area contributed by atoms with Crippen LogP contribution >= 0.6 is 0 Å². The van der Waals surface area contributed by atoms with Gasteiger partial charge in [-0.15, -0.1) is 0 Å². The molecule has 0 saturated heterocycles. The number of carbonyl (C=O) groups is 3. The van der Waals surface area contributed by atoms with Crippen LogP contribution in [0.5, 0.6) is 0 Å². The molecule has 0 bridgehead atoms. The van der Waals surface area contributed by atoms with Crippen LogP contribution in [-0.4, -0.2) is 83.1 Å². The average Bonchev–Trinajstić information content (AvgIpc) is 2.64. The van der Waals surface area contributed by atoms with E-state index in [9.17, 15) is 14.4 Å². The van der Waals surface area contributed by atoms with Gasteiger partial charge in [0.2, 0.25) is 0 Å². The Morgan fingerprint density at radius 2 is 1.48 bits per heavy atom. The Balaban J connectivity index is 0.000000352. The lowest BCUT2D eigenvalue weighted by Crippen LogP contribution is -2.47. The van der Waals surface area contributed by atoms with Crippen LogP contribution in [0, 0.1) is 0 Å². The Morgan fingerprint density at radius 3 is 2.00 bits per heavy atom. The minimum atomic E-state index is -1.02. The van der Waals surface area contributed by atoms with Crippen LogP contribution in [0.1, 0.15) is 20.8 Å². The minimum absolute atomic E-state index is 0.102. The van der Waals surface area contributed by atoms with E-state index >= 15 is 0 Å². The fourth-order valence-electron chi connectivity index (χ4n) is 2.38. The third-order valence-corrected chi connectivity index (χ3v) is 3.71. The Bertz CT molecular complexity index is 615. The van der Waals surface area contributed by atoms with E-state index in [1.807, 2.05) is 0 Å². The number of aliphatic hydroxyl groups excluding tert-OH is 3. The van der Waals surface area contributed by atoms with E-state index in [0.29, 0.717) is 0 Å². The second kappa shape index (κ2) is 12.0. The predicted molar refractivity (Wildman–Crippen MR) is 94.9 cm³/mol. The molecule has 0 aromatic carbocycles. The maximum atomic E-state index is 11.1. The molecule has 11 nitrogen and oxygen atoms in total. The minimum Gasteiger partial charge on any atom is -0.493 e. The van der Waals surface area contributed by atoms with Crippen molar-refractivity contribution in [2.24, 2.45) is 0 Å². The second-order valence-corrected chi connectivity index (χ2v) is 6.12. The molecule has 164 valence electrons. The summed E-state index contributed by atoms with van der Waals surface area (Å²) < 4.78 is 24.9. The molecule has 2 rings (SSSR count). The molecule has 0 saturated carbocycles. The highest BCUT2D eigenvalue weighted by Gasteiger charge is 2.37. The standard InChI is InChI=1S/C12H16O7.C6H10O4/c1-7(13)17-6-11-12(19-9(3)15)10(4-5-16-11)18-8(2)14;7-3-5-6(9)4(8)1-2-10-5/h4-5,10-12H,6H2,1-3H3;1-2,4-9H,3H2. The Kier molecular flexibility index (Phi) is 10.1. The van der Waals surface area contributed by atoms with E-state index < -0.39 is 54.5 Å². The lowest BCUT2D eigenvalue weighted by molar-refractivity contribution is -0.178. The number of rotatable bonds is 5.